The molecule has 0 aliphatic carbocycles. The molecule has 2 N–H and O–H groups in total. The van der Waals surface area contributed by atoms with Crippen LogP contribution in [0, 0.1) is 11.6 Å². The average Bonchev–Trinajstić information content (AvgIpc) is 3.54. The van der Waals surface area contributed by atoms with Crippen LogP contribution >= 0.6 is 11.6 Å². The summed E-state index contributed by atoms with van der Waals surface area (Å²) in [5.41, 5.74) is 0.868. The second kappa shape index (κ2) is 10.5. The lowest BCUT2D eigenvalue weighted by Gasteiger charge is -2.31. The lowest BCUT2D eigenvalue weighted by atomic mass is 9.95. The van der Waals surface area contributed by atoms with E-state index in [-0.39, 0.29) is 27.4 Å². The van der Waals surface area contributed by atoms with Crippen molar-refractivity contribution in [1.82, 2.24) is 19.9 Å². The number of nitrogens with zero attached hydrogens (tertiary/aromatic N) is 4. The zero-order valence-corrected chi connectivity index (χ0v) is 23.7. The van der Waals surface area contributed by atoms with E-state index in [0.717, 1.165) is 29.0 Å². The molecular formula is C31H20ClF5N6O2. The monoisotopic (exact) mass is 638 g/mol. The summed E-state index contributed by atoms with van der Waals surface area (Å²) in [4.78, 5) is 37.4. The number of imidazole rings is 1. The number of amides is 2. The minimum Gasteiger partial charge on any atom is -0.362 e. The van der Waals surface area contributed by atoms with E-state index in [1.165, 1.54) is 6.07 Å². The number of carbonyl (C=O) groups is 2. The van der Waals surface area contributed by atoms with Gasteiger partial charge in [0.25, 0.3) is 11.8 Å². The molecule has 2 amide bonds. The molecule has 0 saturated carbocycles. The van der Waals surface area contributed by atoms with Gasteiger partial charge >= 0.3 is 6.18 Å². The largest absolute Gasteiger partial charge is 0.416 e. The van der Waals surface area contributed by atoms with Gasteiger partial charge in [-0.05, 0) is 54.6 Å². The number of alkyl halides is 3. The molecule has 2 aromatic heterocycles. The summed E-state index contributed by atoms with van der Waals surface area (Å²) < 4.78 is 70.7. The van der Waals surface area contributed by atoms with Gasteiger partial charge in [0.1, 0.15) is 23.0 Å². The van der Waals surface area contributed by atoms with Gasteiger partial charge in [-0.1, -0.05) is 11.6 Å². The minimum absolute atomic E-state index is 0.0530. The van der Waals surface area contributed by atoms with E-state index < -0.39 is 46.8 Å². The average molecular weight is 639 g/mol. The first kappa shape index (κ1) is 28.7. The van der Waals surface area contributed by atoms with E-state index in [2.05, 4.69) is 25.2 Å². The Labute approximate surface area is 256 Å². The van der Waals surface area contributed by atoms with Gasteiger partial charge in [0.2, 0.25) is 0 Å². The van der Waals surface area contributed by atoms with Gasteiger partial charge in [-0.15, -0.1) is 0 Å². The fraction of sp³-hybridized carbons (Fsp3) is 0.161. The molecule has 2 aliphatic rings. The third-order valence-electron chi connectivity index (χ3n) is 7.90. The zero-order chi connectivity index (χ0) is 31.6. The fourth-order valence-electron chi connectivity index (χ4n) is 5.84. The molecule has 0 radical (unpaired) electrons. The van der Waals surface area contributed by atoms with Crippen LogP contribution in [0.4, 0.5) is 33.3 Å². The van der Waals surface area contributed by atoms with Crippen molar-refractivity contribution in [2.75, 3.05) is 16.8 Å². The predicted octanol–water partition coefficient (Wildman–Crippen LogP) is 6.49. The molecule has 228 valence electrons. The van der Waals surface area contributed by atoms with Crippen molar-refractivity contribution in [2.24, 2.45) is 0 Å². The molecule has 0 saturated heterocycles. The van der Waals surface area contributed by atoms with Crippen LogP contribution in [0.5, 0.6) is 0 Å². The van der Waals surface area contributed by atoms with Crippen molar-refractivity contribution in [3.8, 4) is 0 Å². The van der Waals surface area contributed by atoms with Crippen molar-refractivity contribution in [1.29, 1.82) is 0 Å². The van der Waals surface area contributed by atoms with Crippen LogP contribution in [0.1, 0.15) is 49.3 Å². The third-order valence-corrected chi connectivity index (χ3v) is 8.24. The molecule has 5 aromatic rings. The Morgan fingerprint density at radius 3 is 2.64 bits per heavy atom. The maximum atomic E-state index is 14.3. The molecule has 1 atom stereocenters. The van der Waals surface area contributed by atoms with E-state index in [1.54, 1.807) is 24.5 Å². The highest BCUT2D eigenvalue weighted by atomic mass is 35.5. The third kappa shape index (κ3) is 5.12. The molecule has 0 fully saturated rings. The second-order valence-corrected chi connectivity index (χ2v) is 11.1. The Morgan fingerprint density at radius 2 is 1.84 bits per heavy atom. The molecule has 7 rings (SSSR count). The summed E-state index contributed by atoms with van der Waals surface area (Å²) in [5.74, 6) is -2.71. The van der Waals surface area contributed by atoms with E-state index >= 15 is 0 Å². The lowest BCUT2D eigenvalue weighted by Crippen LogP contribution is -2.34. The number of aromatic nitrogens is 3. The van der Waals surface area contributed by atoms with E-state index in [4.69, 9.17) is 11.6 Å². The van der Waals surface area contributed by atoms with E-state index in [1.807, 2.05) is 11.0 Å². The SMILES string of the molecule is O=C(Nc1cc(N2CCn3c(nc4cnccc43)C2)cc2c1C(c1cc(F)ccc1Cl)NC2=O)c1cc(F)cc(C(F)(F)F)c1. The van der Waals surface area contributed by atoms with Gasteiger partial charge in [-0.2, -0.15) is 13.2 Å². The molecular weight excluding hydrogens is 619 g/mol. The van der Waals surface area contributed by atoms with Crippen LogP contribution < -0.4 is 15.5 Å². The van der Waals surface area contributed by atoms with Crippen molar-refractivity contribution in [2.45, 2.75) is 25.3 Å². The Bertz CT molecular complexity index is 2050. The van der Waals surface area contributed by atoms with Gasteiger partial charge in [0.15, 0.2) is 0 Å². The zero-order valence-electron chi connectivity index (χ0n) is 22.9. The van der Waals surface area contributed by atoms with Crippen LogP contribution in [0.25, 0.3) is 11.0 Å². The first-order valence-corrected chi connectivity index (χ1v) is 14.0. The van der Waals surface area contributed by atoms with E-state index in [9.17, 15) is 31.5 Å². The van der Waals surface area contributed by atoms with Crippen molar-refractivity contribution >= 4 is 45.8 Å². The molecule has 45 heavy (non-hydrogen) atoms. The van der Waals surface area contributed by atoms with Gasteiger partial charge in [-0.3, -0.25) is 14.6 Å². The summed E-state index contributed by atoms with van der Waals surface area (Å²) in [5, 5.41) is 5.49. The summed E-state index contributed by atoms with van der Waals surface area (Å²) in [6.07, 6.45) is -1.56. The molecule has 3 aromatic carbocycles. The minimum atomic E-state index is -4.89. The Hall–Kier alpha value is -5.04. The van der Waals surface area contributed by atoms with Crippen molar-refractivity contribution < 1.29 is 31.5 Å². The number of hydrogen-bond donors (Lipinski definition) is 2. The van der Waals surface area contributed by atoms with Crippen LogP contribution in [0.15, 0.2) is 67.0 Å². The van der Waals surface area contributed by atoms with Crippen LogP contribution in [-0.2, 0) is 19.3 Å². The normalized spacial score (nSPS) is 16.0. The molecule has 2 aliphatic heterocycles. The topological polar surface area (TPSA) is 92.2 Å². The number of carbonyl (C=O) groups excluding carboxylic acids is 2. The standard InChI is InChI=1S/C31H20ClF5N6O2/c32-22-2-1-17(33)10-20(22)28-27-21(30(45)41-28)11-19(42-5-6-43-25-3-4-38-13-24(25)39-26(43)14-42)12-23(27)40-29(44)15-7-16(31(35,36)37)9-18(34)8-15/h1-4,7-13,28H,5-6,14H2,(H,40,44)(H,41,45). The van der Waals surface area contributed by atoms with Gasteiger partial charge in [-0.25, -0.2) is 13.8 Å². The molecule has 0 spiro atoms. The Balaban J connectivity index is 1.33. The van der Waals surface area contributed by atoms with E-state index in [0.29, 0.717) is 43.5 Å². The number of pyridine rings is 1. The van der Waals surface area contributed by atoms with Crippen molar-refractivity contribution in [3.05, 3.63) is 117 Å². The highest BCUT2D eigenvalue weighted by Crippen LogP contribution is 2.42. The summed E-state index contributed by atoms with van der Waals surface area (Å²) in [6.45, 7) is 1.37. The Morgan fingerprint density at radius 1 is 1.02 bits per heavy atom. The smallest absolute Gasteiger partial charge is 0.362 e. The van der Waals surface area contributed by atoms with Crippen LogP contribution in [-0.4, -0.2) is 32.9 Å². The lowest BCUT2D eigenvalue weighted by molar-refractivity contribution is -0.137. The fourth-order valence-corrected chi connectivity index (χ4v) is 6.07. The number of halogens is 6. The number of rotatable bonds is 4. The molecule has 4 heterocycles. The number of anilines is 2. The summed E-state index contributed by atoms with van der Waals surface area (Å²) in [6, 6.07) is 9.19. The number of benzene rings is 3. The quantitative estimate of drug-likeness (QED) is 0.220. The first-order valence-electron chi connectivity index (χ1n) is 13.6. The molecule has 0 bridgehead atoms. The summed E-state index contributed by atoms with van der Waals surface area (Å²) >= 11 is 6.38. The van der Waals surface area contributed by atoms with Crippen molar-refractivity contribution in [3.63, 3.8) is 0 Å². The number of hydrogen-bond acceptors (Lipinski definition) is 5. The Kier molecular flexibility index (Phi) is 6.73. The highest BCUT2D eigenvalue weighted by Gasteiger charge is 2.36. The highest BCUT2D eigenvalue weighted by molar-refractivity contribution is 6.31. The maximum Gasteiger partial charge on any atom is 0.416 e. The molecule has 1 unspecified atom stereocenters. The molecule has 14 heteroatoms. The summed E-state index contributed by atoms with van der Waals surface area (Å²) in [7, 11) is 0. The van der Waals surface area contributed by atoms with Gasteiger partial charge < -0.3 is 20.1 Å². The number of nitrogens with one attached hydrogen (secondary N) is 2. The second-order valence-electron chi connectivity index (χ2n) is 10.7. The maximum absolute atomic E-state index is 14.3. The molecule has 8 nitrogen and oxygen atoms in total. The first-order chi connectivity index (χ1) is 21.5. The number of fused-ring (bicyclic) bond motifs is 4. The van der Waals surface area contributed by atoms with Gasteiger partial charge in [0, 0.05) is 57.9 Å². The predicted molar refractivity (Wildman–Crippen MR) is 155 cm³/mol. The van der Waals surface area contributed by atoms with Crippen LogP contribution in [0.2, 0.25) is 5.02 Å². The van der Waals surface area contributed by atoms with Gasteiger partial charge in [0.05, 0.1) is 29.9 Å². The van der Waals surface area contributed by atoms with Crippen LogP contribution in [0.3, 0.4) is 0 Å².